The summed E-state index contributed by atoms with van der Waals surface area (Å²) in [6.45, 7) is 10.5. The lowest BCUT2D eigenvalue weighted by Crippen LogP contribution is -3.27. The van der Waals surface area contributed by atoms with E-state index in [2.05, 4.69) is 22.8 Å². The van der Waals surface area contributed by atoms with Crippen LogP contribution < -0.4 is 20.4 Å². The van der Waals surface area contributed by atoms with E-state index in [4.69, 9.17) is 11.6 Å². The minimum atomic E-state index is -0.553. The molecule has 0 bridgehead atoms. The standard InChI is InChI=1S/C18H27ClN4O2/c1-14(2)21-18(25)17(24)20-7-8-22-9-11-23(12-10-22)13-15-3-5-16(19)6-4-15/h3-6,14H,7-13H2,1-2H3,(H,20,24)(H,21,25)/p+2. The van der Waals surface area contributed by atoms with Gasteiger partial charge < -0.3 is 20.4 Å². The van der Waals surface area contributed by atoms with Crippen LogP contribution in [-0.2, 0) is 16.1 Å². The Balaban J connectivity index is 1.63. The molecule has 1 aromatic carbocycles. The molecule has 138 valence electrons. The van der Waals surface area contributed by atoms with E-state index in [1.165, 1.54) is 10.5 Å². The average molecular weight is 369 g/mol. The van der Waals surface area contributed by atoms with Gasteiger partial charge in [0.05, 0.1) is 13.1 Å². The van der Waals surface area contributed by atoms with E-state index in [9.17, 15) is 9.59 Å². The summed E-state index contributed by atoms with van der Waals surface area (Å²) in [6, 6.07) is 8.03. The topological polar surface area (TPSA) is 67.1 Å². The highest BCUT2D eigenvalue weighted by molar-refractivity contribution is 6.35. The summed E-state index contributed by atoms with van der Waals surface area (Å²) < 4.78 is 0. The fourth-order valence-electron chi connectivity index (χ4n) is 3.04. The van der Waals surface area contributed by atoms with Crippen molar-refractivity contribution in [2.75, 3.05) is 39.3 Å². The molecule has 1 saturated heterocycles. The molecule has 25 heavy (non-hydrogen) atoms. The zero-order valence-corrected chi connectivity index (χ0v) is 15.8. The monoisotopic (exact) mass is 368 g/mol. The van der Waals surface area contributed by atoms with Gasteiger partial charge in [-0.25, -0.2) is 0 Å². The van der Waals surface area contributed by atoms with Crippen molar-refractivity contribution in [2.24, 2.45) is 0 Å². The van der Waals surface area contributed by atoms with Crippen molar-refractivity contribution in [3.63, 3.8) is 0 Å². The maximum absolute atomic E-state index is 11.7. The Bertz CT molecular complexity index is 569. The molecule has 1 aliphatic heterocycles. The van der Waals surface area contributed by atoms with Crippen LogP contribution in [0.25, 0.3) is 0 Å². The molecule has 0 aliphatic carbocycles. The zero-order chi connectivity index (χ0) is 18.2. The Morgan fingerprint density at radius 2 is 1.64 bits per heavy atom. The van der Waals surface area contributed by atoms with Gasteiger partial charge in [0.25, 0.3) is 0 Å². The van der Waals surface area contributed by atoms with Gasteiger partial charge in [-0.15, -0.1) is 0 Å². The number of quaternary nitrogens is 2. The number of piperazine rings is 1. The zero-order valence-electron chi connectivity index (χ0n) is 15.0. The van der Waals surface area contributed by atoms with E-state index in [1.807, 2.05) is 26.0 Å². The second-order valence-electron chi connectivity index (χ2n) is 6.94. The second kappa shape index (κ2) is 9.75. The van der Waals surface area contributed by atoms with E-state index < -0.39 is 11.8 Å². The van der Waals surface area contributed by atoms with E-state index in [0.29, 0.717) is 6.54 Å². The van der Waals surface area contributed by atoms with Gasteiger partial charge in [-0.3, -0.25) is 9.59 Å². The number of carbonyl (C=O) groups is 2. The third-order valence-corrected chi connectivity index (χ3v) is 4.67. The van der Waals surface area contributed by atoms with E-state index in [1.54, 1.807) is 4.90 Å². The van der Waals surface area contributed by atoms with Gasteiger partial charge in [-0.05, 0) is 26.0 Å². The third kappa shape index (κ3) is 7.02. The maximum atomic E-state index is 11.7. The molecule has 0 spiro atoms. The Morgan fingerprint density at radius 1 is 1.04 bits per heavy atom. The highest BCUT2D eigenvalue weighted by Gasteiger charge is 2.23. The first-order chi connectivity index (χ1) is 11.9. The van der Waals surface area contributed by atoms with Crippen LogP contribution >= 0.6 is 11.6 Å². The molecular formula is C18H29ClN4O2+2. The summed E-state index contributed by atoms with van der Waals surface area (Å²) in [7, 11) is 0. The van der Waals surface area contributed by atoms with Gasteiger partial charge in [-0.2, -0.15) is 0 Å². The third-order valence-electron chi connectivity index (χ3n) is 4.42. The maximum Gasteiger partial charge on any atom is 0.309 e. The minimum absolute atomic E-state index is 0.0273. The van der Waals surface area contributed by atoms with Gasteiger partial charge in [0.15, 0.2) is 0 Å². The average Bonchev–Trinajstić information content (AvgIpc) is 2.58. The predicted molar refractivity (Wildman–Crippen MR) is 97.7 cm³/mol. The molecular weight excluding hydrogens is 340 g/mol. The largest absolute Gasteiger partial charge is 0.346 e. The Labute approximate surface area is 154 Å². The fraction of sp³-hybridized carbons (Fsp3) is 0.556. The van der Waals surface area contributed by atoms with E-state index in [0.717, 1.165) is 44.3 Å². The van der Waals surface area contributed by atoms with Crippen molar-refractivity contribution in [3.8, 4) is 0 Å². The quantitative estimate of drug-likeness (QED) is 0.451. The van der Waals surface area contributed by atoms with Crippen LogP contribution in [-0.4, -0.2) is 57.1 Å². The highest BCUT2D eigenvalue weighted by Crippen LogP contribution is 2.08. The van der Waals surface area contributed by atoms with Gasteiger partial charge in [0, 0.05) is 16.6 Å². The molecule has 0 radical (unpaired) electrons. The van der Waals surface area contributed by atoms with Crippen LogP contribution in [0.2, 0.25) is 5.02 Å². The van der Waals surface area contributed by atoms with Crippen LogP contribution in [0.4, 0.5) is 0 Å². The summed E-state index contributed by atoms with van der Waals surface area (Å²) >= 11 is 5.92. The SMILES string of the molecule is CC(C)NC(=O)C(=O)NCC[NH+]1CC[NH+](Cc2ccc(Cl)cc2)CC1. The van der Waals surface area contributed by atoms with Gasteiger partial charge in [0.1, 0.15) is 32.7 Å². The first-order valence-electron chi connectivity index (χ1n) is 8.94. The molecule has 0 saturated carbocycles. The molecule has 6 nitrogen and oxygen atoms in total. The van der Waals surface area contributed by atoms with Crippen LogP contribution in [0.3, 0.4) is 0 Å². The predicted octanol–water partition coefficient (Wildman–Crippen LogP) is -1.74. The molecule has 0 atom stereocenters. The van der Waals surface area contributed by atoms with Crippen molar-refractivity contribution < 1.29 is 19.4 Å². The normalized spacial score (nSPS) is 20.3. The number of amides is 2. The molecule has 4 N–H and O–H groups in total. The Kier molecular flexibility index (Phi) is 7.68. The molecule has 0 aromatic heterocycles. The lowest BCUT2D eigenvalue weighted by Gasteiger charge is -2.29. The minimum Gasteiger partial charge on any atom is -0.346 e. The van der Waals surface area contributed by atoms with Gasteiger partial charge >= 0.3 is 11.8 Å². The summed E-state index contributed by atoms with van der Waals surface area (Å²) in [5.41, 5.74) is 1.31. The number of carbonyl (C=O) groups excluding carboxylic acids is 2. The van der Waals surface area contributed by atoms with E-state index >= 15 is 0 Å². The molecule has 2 rings (SSSR count). The molecule has 1 aliphatic rings. The van der Waals surface area contributed by atoms with Crippen molar-refractivity contribution in [2.45, 2.75) is 26.4 Å². The van der Waals surface area contributed by atoms with Crippen molar-refractivity contribution >= 4 is 23.4 Å². The lowest BCUT2D eigenvalue weighted by molar-refractivity contribution is -1.02. The van der Waals surface area contributed by atoms with Crippen LogP contribution in [0.5, 0.6) is 0 Å². The molecule has 1 aromatic rings. The summed E-state index contributed by atoms with van der Waals surface area (Å²) in [5.74, 6) is -1.10. The summed E-state index contributed by atoms with van der Waals surface area (Å²) in [6.07, 6.45) is 0. The number of nitrogens with one attached hydrogen (secondary N) is 4. The fourth-order valence-corrected chi connectivity index (χ4v) is 3.16. The summed E-state index contributed by atoms with van der Waals surface area (Å²) in [5, 5.41) is 6.07. The molecule has 1 fully saturated rings. The second-order valence-corrected chi connectivity index (χ2v) is 7.37. The number of halogens is 1. The Hall–Kier alpha value is -1.63. The molecule has 2 amide bonds. The molecule has 0 unspecified atom stereocenters. The van der Waals surface area contributed by atoms with Crippen LogP contribution in [0.15, 0.2) is 24.3 Å². The van der Waals surface area contributed by atoms with E-state index in [-0.39, 0.29) is 6.04 Å². The smallest absolute Gasteiger partial charge is 0.309 e. The Morgan fingerprint density at radius 3 is 2.24 bits per heavy atom. The highest BCUT2D eigenvalue weighted by atomic mass is 35.5. The number of benzene rings is 1. The van der Waals surface area contributed by atoms with Gasteiger partial charge in [-0.1, -0.05) is 23.7 Å². The number of hydrogen-bond donors (Lipinski definition) is 4. The van der Waals surface area contributed by atoms with Crippen molar-refractivity contribution in [3.05, 3.63) is 34.9 Å². The molecule has 7 heteroatoms. The summed E-state index contributed by atoms with van der Waals surface area (Å²) in [4.78, 5) is 26.2. The number of hydrogen-bond acceptors (Lipinski definition) is 2. The lowest BCUT2D eigenvalue weighted by atomic mass is 10.2. The number of rotatable bonds is 6. The first kappa shape index (κ1) is 19.7. The van der Waals surface area contributed by atoms with Gasteiger partial charge in [0.2, 0.25) is 0 Å². The van der Waals surface area contributed by atoms with Crippen molar-refractivity contribution in [1.29, 1.82) is 0 Å². The molecule has 1 heterocycles. The van der Waals surface area contributed by atoms with Crippen LogP contribution in [0, 0.1) is 0 Å². The first-order valence-corrected chi connectivity index (χ1v) is 9.32. The van der Waals surface area contributed by atoms with Crippen LogP contribution in [0.1, 0.15) is 19.4 Å². The van der Waals surface area contributed by atoms with Crippen molar-refractivity contribution in [1.82, 2.24) is 10.6 Å².